The number of halogens is 1. The van der Waals surface area contributed by atoms with E-state index in [0.29, 0.717) is 25.2 Å². The quantitative estimate of drug-likeness (QED) is 0.577. The van der Waals surface area contributed by atoms with Crippen molar-refractivity contribution in [3.63, 3.8) is 0 Å². The monoisotopic (exact) mass is 379 g/mol. The van der Waals surface area contributed by atoms with Crippen molar-refractivity contribution in [1.82, 2.24) is 24.6 Å². The summed E-state index contributed by atoms with van der Waals surface area (Å²) in [5.41, 5.74) is 1.51. The number of hydrogen-bond donors (Lipinski definition) is 1. The zero-order chi connectivity index (χ0) is 19.7. The topological polar surface area (TPSA) is 81.8 Å². The van der Waals surface area contributed by atoms with Crippen molar-refractivity contribution in [3.8, 4) is 0 Å². The van der Waals surface area contributed by atoms with E-state index in [0.717, 1.165) is 17.1 Å². The van der Waals surface area contributed by atoms with Crippen molar-refractivity contribution < 1.29 is 9.18 Å². The molecule has 0 spiro atoms. The van der Waals surface area contributed by atoms with Crippen molar-refractivity contribution in [3.05, 3.63) is 70.5 Å². The fourth-order valence-electron chi connectivity index (χ4n) is 3.21. The Balaban J connectivity index is 1.57. The average molecular weight is 379 g/mol. The van der Waals surface area contributed by atoms with Crippen molar-refractivity contribution in [2.45, 2.75) is 20.0 Å². The van der Waals surface area contributed by atoms with E-state index in [2.05, 4.69) is 15.4 Å². The first-order valence-electron chi connectivity index (χ1n) is 8.97. The second-order valence-electron chi connectivity index (χ2n) is 6.34. The molecule has 0 aliphatic rings. The molecule has 2 aromatic heterocycles. The van der Waals surface area contributed by atoms with Crippen LogP contribution in [0.5, 0.6) is 0 Å². The number of imidazole rings is 1. The number of amides is 1. The molecule has 4 aromatic rings. The SMILES string of the molecule is CCn1nc(C(=O)NCCn2cnc3ccccc32)c(=O)c2cc(F)ccc21. The minimum atomic E-state index is -0.581. The van der Waals surface area contributed by atoms with Crippen LogP contribution in [0.3, 0.4) is 0 Å². The van der Waals surface area contributed by atoms with Crippen LogP contribution in [-0.4, -0.2) is 31.8 Å². The minimum Gasteiger partial charge on any atom is -0.349 e. The molecular formula is C20H18FN5O2. The molecule has 7 nitrogen and oxygen atoms in total. The highest BCUT2D eigenvalue weighted by molar-refractivity contribution is 5.95. The van der Waals surface area contributed by atoms with Crippen molar-refractivity contribution >= 4 is 27.8 Å². The number of carbonyl (C=O) groups excluding carboxylic acids is 1. The first-order valence-corrected chi connectivity index (χ1v) is 8.97. The molecule has 28 heavy (non-hydrogen) atoms. The van der Waals surface area contributed by atoms with E-state index in [9.17, 15) is 14.0 Å². The number of nitrogens with zero attached hydrogens (tertiary/aromatic N) is 4. The third kappa shape index (κ3) is 3.13. The molecule has 2 aromatic carbocycles. The van der Waals surface area contributed by atoms with Gasteiger partial charge in [-0.3, -0.25) is 14.3 Å². The van der Waals surface area contributed by atoms with Crippen LogP contribution in [0.2, 0.25) is 0 Å². The Morgan fingerprint density at radius 2 is 2.00 bits per heavy atom. The Morgan fingerprint density at radius 3 is 2.82 bits per heavy atom. The van der Waals surface area contributed by atoms with Crippen LogP contribution in [0.25, 0.3) is 21.9 Å². The molecular weight excluding hydrogens is 361 g/mol. The molecule has 0 aliphatic heterocycles. The van der Waals surface area contributed by atoms with Gasteiger partial charge < -0.3 is 9.88 Å². The smallest absolute Gasteiger partial charge is 0.275 e. The lowest BCUT2D eigenvalue weighted by Gasteiger charge is -2.11. The Hall–Kier alpha value is -3.55. The Kier molecular flexibility index (Phi) is 4.60. The number of aromatic nitrogens is 4. The summed E-state index contributed by atoms with van der Waals surface area (Å²) in [6, 6.07) is 11.6. The van der Waals surface area contributed by atoms with E-state index in [-0.39, 0.29) is 11.1 Å². The van der Waals surface area contributed by atoms with E-state index >= 15 is 0 Å². The summed E-state index contributed by atoms with van der Waals surface area (Å²) >= 11 is 0. The highest BCUT2D eigenvalue weighted by atomic mass is 19.1. The molecule has 142 valence electrons. The number of carbonyl (C=O) groups is 1. The van der Waals surface area contributed by atoms with E-state index in [1.807, 2.05) is 35.8 Å². The van der Waals surface area contributed by atoms with Crippen LogP contribution in [0.15, 0.2) is 53.6 Å². The maximum atomic E-state index is 13.6. The number of nitrogens with one attached hydrogen (secondary N) is 1. The fourth-order valence-corrected chi connectivity index (χ4v) is 3.21. The number of rotatable bonds is 5. The van der Waals surface area contributed by atoms with Gasteiger partial charge in [-0.2, -0.15) is 5.10 Å². The predicted octanol–water partition coefficient (Wildman–Crippen LogP) is 2.34. The van der Waals surface area contributed by atoms with Crippen LogP contribution in [0.1, 0.15) is 17.4 Å². The van der Waals surface area contributed by atoms with Gasteiger partial charge in [-0.1, -0.05) is 12.1 Å². The van der Waals surface area contributed by atoms with Crippen LogP contribution < -0.4 is 10.7 Å². The van der Waals surface area contributed by atoms with Gasteiger partial charge in [0.2, 0.25) is 5.43 Å². The molecule has 0 aliphatic carbocycles. The molecule has 0 saturated heterocycles. The molecule has 8 heteroatoms. The maximum Gasteiger partial charge on any atom is 0.275 e. The van der Waals surface area contributed by atoms with Crippen LogP contribution in [0, 0.1) is 5.82 Å². The minimum absolute atomic E-state index is 0.141. The molecule has 4 rings (SSSR count). The average Bonchev–Trinajstić information content (AvgIpc) is 3.12. The molecule has 0 saturated carbocycles. The Morgan fingerprint density at radius 1 is 1.18 bits per heavy atom. The summed E-state index contributed by atoms with van der Waals surface area (Å²) in [4.78, 5) is 29.5. The van der Waals surface area contributed by atoms with Crippen LogP contribution in [0.4, 0.5) is 4.39 Å². The van der Waals surface area contributed by atoms with E-state index in [1.54, 1.807) is 6.33 Å². The molecule has 1 amide bonds. The molecule has 0 atom stereocenters. The number of benzene rings is 2. The Labute approximate surface area is 159 Å². The van der Waals surface area contributed by atoms with Crippen LogP contribution >= 0.6 is 0 Å². The van der Waals surface area contributed by atoms with Gasteiger partial charge in [0.25, 0.3) is 5.91 Å². The summed E-state index contributed by atoms with van der Waals surface area (Å²) in [6.07, 6.45) is 1.71. The van der Waals surface area contributed by atoms with Gasteiger partial charge in [0, 0.05) is 19.6 Å². The number of hydrogen-bond acceptors (Lipinski definition) is 4. The van der Waals surface area contributed by atoms with Crippen molar-refractivity contribution in [1.29, 1.82) is 0 Å². The summed E-state index contributed by atoms with van der Waals surface area (Å²) in [5.74, 6) is -1.11. The predicted molar refractivity (Wildman–Crippen MR) is 104 cm³/mol. The molecule has 1 N–H and O–H groups in total. The van der Waals surface area contributed by atoms with Gasteiger partial charge in [0.1, 0.15) is 5.82 Å². The maximum absolute atomic E-state index is 13.6. The van der Waals surface area contributed by atoms with E-state index in [1.165, 1.54) is 16.8 Å². The first kappa shape index (κ1) is 17.8. The zero-order valence-corrected chi connectivity index (χ0v) is 15.2. The summed E-state index contributed by atoms with van der Waals surface area (Å²) in [5, 5.41) is 7.02. The molecule has 2 heterocycles. The number of para-hydroxylation sites is 2. The first-order chi connectivity index (χ1) is 13.6. The van der Waals surface area contributed by atoms with Gasteiger partial charge in [-0.15, -0.1) is 0 Å². The standard InChI is InChI=1S/C20H18FN5O2/c1-2-26-16-8-7-13(21)11-14(16)19(27)18(24-26)20(28)22-9-10-25-12-23-15-5-3-4-6-17(15)25/h3-8,11-12H,2,9-10H2,1H3,(H,22,28). The zero-order valence-electron chi connectivity index (χ0n) is 15.2. The second-order valence-corrected chi connectivity index (χ2v) is 6.34. The Bertz CT molecular complexity index is 1240. The van der Waals surface area contributed by atoms with Gasteiger partial charge in [0.15, 0.2) is 5.69 Å². The largest absolute Gasteiger partial charge is 0.349 e. The lowest BCUT2D eigenvalue weighted by molar-refractivity contribution is 0.0944. The van der Waals surface area contributed by atoms with Gasteiger partial charge in [-0.05, 0) is 37.3 Å². The molecule has 0 fully saturated rings. The fraction of sp³-hybridized carbons (Fsp3) is 0.200. The van der Waals surface area contributed by atoms with Gasteiger partial charge in [-0.25, -0.2) is 9.37 Å². The van der Waals surface area contributed by atoms with Crippen molar-refractivity contribution in [2.24, 2.45) is 0 Å². The number of aryl methyl sites for hydroxylation is 1. The molecule has 0 bridgehead atoms. The van der Waals surface area contributed by atoms with Crippen molar-refractivity contribution in [2.75, 3.05) is 6.54 Å². The summed E-state index contributed by atoms with van der Waals surface area (Å²) < 4.78 is 17.0. The van der Waals surface area contributed by atoms with Crippen LogP contribution in [-0.2, 0) is 13.1 Å². The van der Waals surface area contributed by atoms with Gasteiger partial charge in [0.05, 0.1) is 28.3 Å². The third-order valence-electron chi connectivity index (χ3n) is 4.60. The highest BCUT2D eigenvalue weighted by Crippen LogP contribution is 2.13. The van der Waals surface area contributed by atoms with E-state index in [4.69, 9.17) is 0 Å². The lowest BCUT2D eigenvalue weighted by atomic mass is 10.2. The normalized spacial score (nSPS) is 11.2. The third-order valence-corrected chi connectivity index (χ3v) is 4.60. The molecule has 0 unspecified atom stereocenters. The van der Waals surface area contributed by atoms with E-state index < -0.39 is 17.2 Å². The second kappa shape index (κ2) is 7.22. The highest BCUT2D eigenvalue weighted by Gasteiger charge is 2.17. The summed E-state index contributed by atoms with van der Waals surface area (Å²) in [7, 11) is 0. The number of fused-ring (bicyclic) bond motifs is 2. The molecule has 0 radical (unpaired) electrons. The van der Waals surface area contributed by atoms with Gasteiger partial charge >= 0.3 is 0 Å². The lowest BCUT2D eigenvalue weighted by Crippen LogP contribution is -2.33. The summed E-state index contributed by atoms with van der Waals surface area (Å²) in [6.45, 7) is 3.08.